The van der Waals surface area contributed by atoms with Gasteiger partial charge in [-0.25, -0.2) is 0 Å². The molecule has 0 aliphatic rings. The number of hydrogen-bond acceptors (Lipinski definition) is 4. The molecule has 0 aliphatic carbocycles. The van der Waals surface area contributed by atoms with Crippen molar-refractivity contribution in [2.24, 2.45) is 0 Å². The molecule has 0 atom stereocenters. The normalized spacial score (nSPS) is 10.2. The fourth-order valence-corrected chi connectivity index (χ4v) is 3.15. The largest absolute Gasteiger partial charge is 0.492 e. The summed E-state index contributed by atoms with van der Waals surface area (Å²) in [5, 5.41) is 12.6. The Morgan fingerprint density at radius 3 is 2.57 bits per heavy atom. The first-order valence-electron chi connectivity index (χ1n) is 9.58. The molecule has 0 bridgehead atoms. The highest BCUT2D eigenvalue weighted by atomic mass is 35.5. The Bertz CT molecular complexity index is 885. The molecule has 6 nitrogen and oxygen atoms in total. The van der Waals surface area contributed by atoms with E-state index in [2.05, 4.69) is 5.32 Å². The van der Waals surface area contributed by atoms with E-state index in [4.69, 9.17) is 33.2 Å². The predicted molar refractivity (Wildman–Crippen MR) is 118 cm³/mol. The number of nitriles is 1. The second-order valence-corrected chi connectivity index (χ2v) is 7.26. The van der Waals surface area contributed by atoms with Gasteiger partial charge in [0, 0.05) is 36.6 Å². The summed E-state index contributed by atoms with van der Waals surface area (Å²) in [6, 6.07) is 16.2. The van der Waals surface area contributed by atoms with Crippen molar-refractivity contribution in [2.45, 2.75) is 25.7 Å². The number of para-hydroxylation sites is 1. The molecule has 8 heteroatoms. The number of carbonyl (C=O) groups excluding carboxylic acids is 2. The summed E-state index contributed by atoms with van der Waals surface area (Å²) in [5.74, 6) is 0.143. The van der Waals surface area contributed by atoms with Gasteiger partial charge in [0.05, 0.1) is 24.1 Å². The van der Waals surface area contributed by atoms with Crippen LogP contribution in [0, 0.1) is 11.3 Å². The van der Waals surface area contributed by atoms with Crippen LogP contribution in [0.5, 0.6) is 5.75 Å². The summed E-state index contributed by atoms with van der Waals surface area (Å²) in [4.78, 5) is 26.1. The molecule has 2 rings (SSSR count). The first-order chi connectivity index (χ1) is 14.5. The lowest BCUT2D eigenvalue weighted by Gasteiger charge is -2.21. The number of amides is 2. The van der Waals surface area contributed by atoms with E-state index in [1.807, 2.05) is 36.4 Å². The van der Waals surface area contributed by atoms with Crippen molar-refractivity contribution in [1.82, 2.24) is 5.32 Å². The van der Waals surface area contributed by atoms with E-state index in [1.165, 1.54) is 0 Å². The molecule has 30 heavy (non-hydrogen) atoms. The first-order valence-corrected chi connectivity index (χ1v) is 10.3. The van der Waals surface area contributed by atoms with Crippen molar-refractivity contribution in [3.63, 3.8) is 0 Å². The topological polar surface area (TPSA) is 82.4 Å². The van der Waals surface area contributed by atoms with Gasteiger partial charge in [0.25, 0.3) is 0 Å². The molecule has 0 aromatic heterocycles. The van der Waals surface area contributed by atoms with Crippen LogP contribution in [0.15, 0.2) is 48.5 Å². The van der Waals surface area contributed by atoms with Crippen LogP contribution in [-0.2, 0) is 9.59 Å². The Kier molecular flexibility index (Phi) is 9.99. The van der Waals surface area contributed by atoms with Crippen LogP contribution in [0.3, 0.4) is 0 Å². The number of carbonyl (C=O) groups is 2. The molecule has 0 aliphatic heterocycles. The second kappa shape index (κ2) is 12.7. The van der Waals surface area contributed by atoms with Crippen molar-refractivity contribution in [2.75, 3.05) is 24.6 Å². The van der Waals surface area contributed by atoms with Gasteiger partial charge in [-0.15, -0.1) is 0 Å². The van der Waals surface area contributed by atoms with Crippen molar-refractivity contribution in [1.29, 1.82) is 5.26 Å². The third kappa shape index (κ3) is 7.94. The van der Waals surface area contributed by atoms with Gasteiger partial charge in [0.15, 0.2) is 0 Å². The molecule has 2 aromatic carbocycles. The van der Waals surface area contributed by atoms with Crippen molar-refractivity contribution < 1.29 is 14.3 Å². The summed E-state index contributed by atoms with van der Waals surface area (Å²) >= 11 is 11.9. The van der Waals surface area contributed by atoms with Crippen LogP contribution in [0.1, 0.15) is 25.7 Å². The van der Waals surface area contributed by atoms with E-state index >= 15 is 0 Å². The second-order valence-electron chi connectivity index (χ2n) is 6.42. The zero-order valence-corrected chi connectivity index (χ0v) is 18.0. The lowest BCUT2D eigenvalue weighted by atomic mass is 10.2. The fourth-order valence-electron chi connectivity index (χ4n) is 2.69. The van der Waals surface area contributed by atoms with Crippen LogP contribution in [0.2, 0.25) is 10.0 Å². The van der Waals surface area contributed by atoms with E-state index in [1.54, 1.807) is 23.1 Å². The number of anilines is 1. The monoisotopic (exact) mass is 447 g/mol. The maximum atomic E-state index is 12.5. The average molecular weight is 448 g/mol. The van der Waals surface area contributed by atoms with Crippen LogP contribution in [0.4, 0.5) is 5.69 Å². The van der Waals surface area contributed by atoms with Gasteiger partial charge in [-0.05, 0) is 36.8 Å². The standard InChI is InChI=1S/C22H23Cl2N3O3/c23-17-8-9-20(19(24)16-17)30-15-5-13-26-21(28)10-11-22(29)27(14-4-12-25)18-6-2-1-3-7-18/h1-3,6-9,16H,4-5,10-11,13-15H2,(H,26,28). The van der Waals surface area contributed by atoms with Crippen LogP contribution in [0.25, 0.3) is 0 Å². The number of nitrogens with zero attached hydrogens (tertiary/aromatic N) is 2. The minimum Gasteiger partial charge on any atom is -0.492 e. The van der Waals surface area contributed by atoms with Crippen molar-refractivity contribution in [3.05, 3.63) is 58.6 Å². The summed E-state index contributed by atoms with van der Waals surface area (Å²) in [6.45, 7) is 1.11. The van der Waals surface area contributed by atoms with Gasteiger partial charge in [-0.3, -0.25) is 9.59 Å². The highest BCUT2D eigenvalue weighted by Crippen LogP contribution is 2.27. The van der Waals surface area contributed by atoms with Gasteiger partial charge in [-0.2, -0.15) is 5.26 Å². The summed E-state index contributed by atoms with van der Waals surface area (Å²) < 4.78 is 5.56. The Balaban J connectivity index is 1.70. The number of rotatable bonds is 11. The molecule has 0 fully saturated rings. The maximum Gasteiger partial charge on any atom is 0.227 e. The highest BCUT2D eigenvalue weighted by Gasteiger charge is 2.16. The molecule has 2 amide bonds. The molecule has 1 N–H and O–H groups in total. The number of benzene rings is 2. The molecule has 0 radical (unpaired) electrons. The Hall–Kier alpha value is -2.75. The minimum absolute atomic E-state index is 0.0725. The molecule has 158 valence electrons. The molecule has 2 aromatic rings. The SMILES string of the molecule is N#CCCN(C(=O)CCC(=O)NCCCOc1ccc(Cl)cc1Cl)c1ccccc1. The molecule has 0 heterocycles. The quantitative estimate of drug-likeness (QED) is 0.509. The van der Waals surface area contributed by atoms with E-state index in [0.29, 0.717) is 41.9 Å². The zero-order chi connectivity index (χ0) is 21.8. The summed E-state index contributed by atoms with van der Waals surface area (Å²) in [6.07, 6.45) is 0.975. The zero-order valence-electron chi connectivity index (χ0n) is 16.4. The molecule has 0 saturated heterocycles. The van der Waals surface area contributed by atoms with Crippen LogP contribution in [-0.4, -0.2) is 31.5 Å². The lowest BCUT2D eigenvalue weighted by Crippen LogP contribution is -2.33. The van der Waals surface area contributed by atoms with E-state index in [0.717, 1.165) is 5.69 Å². The molecular weight excluding hydrogens is 425 g/mol. The summed E-state index contributed by atoms with van der Waals surface area (Å²) in [5.41, 5.74) is 0.719. The lowest BCUT2D eigenvalue weighted by molar-refractivity contribution is -0.125. The highest BCUT2D eigenvalue weighted by molar-refractivity contribution is 6.35. The van der Waals surface area contributed by atoms with Gasteiger partial charge in [-0.1, -0.05) is 41.4 Å². The number of halogens is 2. The Morgan fingerprint density at radius 1 is 1.10 bits per heavy atom. The number of hydrogen-bond donors (Lipinski definition) is 1. The maximum absolute atomic E-state index is 12.5. The van der Waals surface area contributed by atoms with Gasteiger partial charge < -0.3 is 15.0 Å². The van der Waals surface area contributed by atoms with Crippen LogP contribution < -0.4 is 15.0 Å². The number of ether oxygens (including phenoxy) is 1. The van der Waals surface area contributed by atoms with Crippen molar-refractivity contribution in [3.8, 4) is 11.8 Å². The third-order valence-electron chi connectivity index (χ3n) is 4.18. The molecule has 0 spiro atoms. The van der Waals surface area contributed by atoms with Gasteiger partial charge >= 0.3 is 0 Å². The van der Waals surface area contributed by atoms with E-state index < -0.39 is 0 Å². The Morgan fingerprint density at radius 2 is 1.87 bits per heavy atom. The Labute approximate surface area is 186 Å². The average Bonchev–Trinajstić information content (AvgIpc) is 2.74. The minimum atomic E-state index is -0.207. The first kappa shape index (κ1) is 23.5. The predicted octanol–water partition coefficient (Wildman–Crippen LogP) is 4.61. The molecule has 0 unspecified atom stereocenters. The van der Waals surface area contributed by atoms with Gasteiger partial charge in [0.1, 0.15) is 5.75 Å². The van der Waals surface area contributed by atoms with E-state index in [-0.39, 0.29) is 31.1 Å². The summed E-state index contributed by atoms with van der Waals surface area (Å²) in [7, 11) is 0. The van der Waals surface area contributed by atoms with E-state index in [9.17, 15) is 9.59 Å². The molecular formula is C22H23Cl2N3O3. The fraction of sp³-hybridized carbons (Fsp3) is 0.318. The van der Waals surface area contributed by atoms with Crippen LogP contribution >= 0.6 is 23.2 Å². The molecule has 0 saturated carbocycles. The number of nitrogens with one attached hydrogen (secondary N) is 1. The smallest absolute Gasteiger partial charge is 0.227 e. The third-order valence-corrected chi connectivity index (χ3v) is 4.71. The van der Waals surface area contributed by atoms with Crippen molar-refractivity contribution >= 4 is 40.7 Å². The van der Waals surface area contributed by atoms with Gasteiger partial charge in [0.2, 0.25) is 11.8 Å².